The van der Waals surface area contributed by atoms with E-state index in [1.165, 1.54) is 12.1 Å². The van der Waals surface area contributed by atoms with Gasteiger partial charge in [-0.05, 0) is 22.0 Å². The number of Topliss-reactive ketones (excluding diaryl/α,β-unsaturated/α-hetero) is 1. The fraction of sp³-hybridized carbons (Fsp3) is 0.167. The lowest BCUT2D eigenvalue weighted by Crippen LogP contribution is -2.11. The molecule has 1 aliphatic rings. The Morgan fingerprint density at radius 1 is 1.08 bits per heavy atom. The van der Waals surface area contributed by atoms with Gasteiger partial charge in [0.2, 0.25) is 5.78 Å². The minimum atomic E-state index is -4.53. The lowest BCUT2D eigenvalue weighted by molar-refractivity contribution is -0.138. The Balaban J connectivity index is 2.09. The molecule has 2 aromatic carbocycles. The van der Waals surface area contributed by atoms with Gasteiger partial charge < -0.3 is 10.1 Å². The van der Waals surface area contributed by atoms with Crippen LogP contribution in [0.2, 0.25) is 0 Å². The molecule has 0 radical (unpaired) electrons. The second-order valence-electron chi connectivity index (χ2n) is 5.39. The Morgan fingerprint density at radius 2 is 1.76 bits per heavy atom. The highest BCUT2D eigenvalue weighted by molar-refractivity contribution is 9.10. The van der Waals surface area contributed by atoms with Gasteiger partial charge in [0, 0.05) is 22.6 Å². The molecular weight excluding hydrogens is 399 g/mol. The van der Waals surface area contributed by atoms with E-state index in [0.29, 0.717) is 5.56 Å². The number of carbonyl (C=O) groups excluding carboxylic acids is 1. The van der Waals surface area contributed by atoms with E-state index in [9.17, 15) is 18.0 Å². The van der Waals surface area contributed by atoms with Crippen molar-refractivity contribution in [2.45, 2.75) is 12.3 Å². The number of ether oxygens (including phenoxy) is 1. The monoisotopic (exact) mass is 411 g/mol. The third-order valence-electron chi connectivity index (χ3n) is 3.85. The second-order valence-corrected chi connectivity index (χ2v) is 6.18. The summed E-state index contributed by atoms with van der Waals surface area (Å²) in [6.45, 7) is 0. The highest BCUT2D eigenvalue weighted by Gasteiger charge is 2.40. The summed E-state index contributed by atoms with van der Waals surface area (Å²) in [5.74, 6) is -0.241. The van der Waals surface area contributed by atoms with E-state index in [4.69, 9.17) is 4.74 Å². The number of carbonyl (C=O) groups is 1. The number of ketones is 1. The summed E-state index contributed by atoms with van der Waals surface area (Å²) in [5.41, 5.74) is 0.0270. The molecule has 1 N–H and O–H groups in total. The molecule has 0 bridgehead atoms. The smallest absolute Gasteiger partial charge is 0.417 e. The van der Waals surface area contributed by atoms with Gasteiger partial charge in [-0.15, -0.1) is 0 Å². The minimum absolute atomic E-state index is 0.0920. The zero-order valence-electron chi connectivity index (χ0n) is 13.0. The minimum Gasteiger partial charge on any atom is -0.462 e. The number of hydrogen-bond acceptors (Lipinski definition) is 3. The zero-order valence-corrected chi connectivity index (χ0v) is 14.6. The van der Waals surface area contributed by atoms with Crippen LogP contribution in [0.1, 0.15) is 22.8 Å². The van der Waals surface area contributed by atoms with E-state index < -0.39 is 23.6 Å². The first-order valence-corrected chi connectivity index (χ1v) is 8.17. The fourth-order valence-electron chi connectivity index (χ4n) is 2.70. The van der Waals surface area contributed by atoms with Crippen LogP contribution in [0.3, 0.4) is 0 Å². The summed E-state index contributed by atoms with van der Waals surface area (Å²) in [6, 6.07) is 12.5. The molecule has 0 amide bonds. The Kier molecular flexibility index (Phi) is 4.60. The Bertz CT molecular complexity index is 847. The van der Waals surface area contributed by atoms with Crippen LogP contribution in [-0.2, 0) is 15.7 Å². The number of benzene rings is 2. The van der Waals surface area contributed by atoms with E-state index in [2.05, 4.69) is 21.2 Å². The molecule has 3 nitrogen and oxygen atoms in total. The molecule has 3 rings (SSSR count). The molecule has 25 heavy (non-hydrogen) atoms. The Hall–Kier alpha value is -2.28. The first-order chi connectivity index (χ1) is 11.8. The van der Waals surface area contributed by atoms with E-state index in [1.807, 2.05) is 0 Å². The van der Waals surface area contributed by atoms with Crippen LogP contribution in [0.5, 0.6) is 0 Å². The van der Waals surface area contributed by atoms with Gasteiger partial charge in [-0.2, -0.15) is 13.2 Å². The first kappa shape index (κ1) is 17.5. The molecule has 1 unspecified atom stereocenters. The SMILES string of the molecule is CNC1=C(c2cccc(C(F)(F)F)c2Br)C(=O)C(c2ccccc2)O1. The van der Waals surface area contributed by atoms with Gasteiger partial charge in [0.15, 0.2) is 12.0 Å². The van der Waals surface area contributed by atoms with Gasteiger partial charge in [-0.1, -0.05) is 42.5 Å². The number of nitrogens with one attached hydrogen (secondary N) is 1. The predicted molar refractivity (Wildman–Crippen MR) is 90.4 cm³/mol. The number of hydrogen-bond donors (Lipinski definition) is 1. The third kappa shape index (κ3) is 3.16. The van der Waals surface area contributed by atoms with Gasteiger partial charge in [0.25, 0.3) is 0 Å². The van der Waals surface area contributed by atoms with E-state index in [-0.39, 0.29) is 21.5 Å². The predicted octanol–water partition coefficient (Wildman–Crippen LogP) is 4.70. The third-order valence-corrected chi connectivity index (χ3v) is 4.70. The molecular formula is C18H13BrF3NO2. The van der Waals surface area contributed by atoms with Crippen LogP contribution >= 0.6 is 15.9 Å². The van der Waals surface area contributed by atoms with Crippen LogP contribution in [0.25, 0.3) is 5.57 Å². The van der Waals surface area contributed by atoms with Crippen molar-refractivity contribution in [1.29, 1.82) is 0 Å². The average Bonchev–Trinajstić information content (AvgIpc) is 2.91. The van der Waals surface area contributed by atoms with Crippen molar-refractivity contribution < 1.29 is 22.7 Å². The molecule has 0 fully saturated rings. The lowest BCUT2D eigenvalue weighted by Gasteiger charge is -2.13. The van der Waals surface area contributed by atoms with Crippen molar-refractivity contribution >= 4 is 27.3 Å². The van der Waals surface area contributed by atoms with Crippen molar-refractivity contribution in [2.75, 3.05) is 7.05 Å². The molecule has 0 spiro atoms. The quantitative estimate of drug-likeness (QED) is 0.795. The van der Waals surface area contributed by atoms with E-state index >= 15 is 0 Å². The highest BCUT2D eigenvalue weighted by Crippen LogP contribution is 2.43. The molecule has 1 aliphatic heterocycles. The summed E-state index contributed by atoms with van der Waals surface area (Å²) >= 11 is 3.00. The van der Waals surface area contributed by atoms with Crippen molar-refractivity contribution in [3.63, 3.8) is 0 Å². The topological polar surface area (TPSA) is 38.3 Å². The second kappa shape index (κ2) is 6.55. The van der Waals surface area contributed by atoms with Gasteiger partial charge in [0.1, 0.15) is 0 Å². The van der Waals surface area contributed by atoms with Crippen molar-refractivity contribution in [3.05, 3.63) is 75.6 Å². The standard InChI is InChI=1S/C18H13BrF3NO2/c1-23-17-13(11-8-5-9-12(14(11)19)18(20,21)22)15(24)16(25-17)10-6-3-2-4-7-10/h2-9,16,23H,1H3. The molecule has 0 saturated carbocycles. The summed E-state index contributed by atoms with van der Waals surface area (Å²) in [4.78, 5) is 12.9. The molecule has 0 aliphatic carbocycles. The van der Waals surface area contributed by atoms with Crippen LogP contribution < -0.4 is 5.32 Å². The van der Waals surface area contributed by atoms with Gasteiger partial charge in [-0.3, -0.25) is 4.79 Å². The van der Waals surface area contributed by atoms with Crippen molar-refractivity contribution in [3.8, 4) is 0 Å². The van der Waals surface area contributed by atoms with Crippen LogP contribution in [0.15, 0.2) is 58.9 Å². The van der Waals surface area contributed by atoms with Gasteiger partial charge in [-0.25, -0.2) is 0 Å². The molecule has 130 valence electrons. The zero-order chi connectivity index (χ0) is 18.2. The first-order valence-electron chi connectivity index (χ1n) is 7.38. The average molecular weight is 412 g/mol. The summed E-state index contributed by atoms with van der Waals surface area (Å²) in [6.07, 6.45) is -5.42. The maximum Gasteiger partial charge on any atom is 0.417 e. The van der Waals surface area contributed by atoms with Crippen LogP contribution in [-0.4, -0.2) is 12.8 Å². The summed E-state index contributed by atoms with van der Waals surface area (Å²) in [5, 5.41) is 2.76. The maximum absolute atomic E-state index is 13.2. The van der Waals surface area contributed by atoms with Crippen LogP contribution in [0, 0.1) is 0 Å². The van der Waals surface area contributed by atoms with E-state index in [1.54, 1.807) is 37.4 Å². The van der Waals surface area contributed by atoms with Gasteiger partial charge >= 0.3 is 6.18 Å². The Morgan fingerprint density at radius 3 is 2.36 bits per heavy atom. The Labute approximate surface area is 150 Å². The number of rotatable bonds is 3. The molecule has 0 aromatic heterocycles. The summed E-state index contributed by atoms with van der Waals surface area (Å²) in [7, 11) is 1.55. The van der Waals surface area contributed by atoms with Crippen molar-refractivity contribution in [1.82, 2.24) is 5.32 Å². The number of alkyl halides is 3. The van der Waals surface area contributed by atoms with Crippen LogP contribution in [0.4, 0.5) is 13.2 Å². The van der Waals surface area contributed by atoms with Crippen molar-refractivity contribution in [2.24, 2.45) is 0 Å². The highest BCUT2D eigenvalue weighted by atomic mass is 79.9. The normalized spacial score (nSPS) is 17.6. The molecule has 1 heterocycles. The maximum atomic E-state index is 13.2. The largest absolute Gasteiger partial charge is 0.462 e. The molecule has 1 atom stereocenters. The molecule has 2 aromatic rings. The number of halogens is 4. The summed E-state index contributed by atoms with van der Waals surface area (Å²) < 4.78 is 45.0. The van der Waals surface area contributed by atoms with Gasteiger partial charge in [0.05, 0.1) is 11.1 Å². The lowest BCUT2D eigenvalue weighted by atomic mass is 9.96. The molecule has 7 heteroatoms. The van der Waals surface area contributed by atoms with E-state index in [0.717, 1.165) is 6.07 Å². The fourth-order valence-corrected chi connectivity index (χ4v) is 3.39. The molecule has 0 saturated heterocycles.